The van der Waals surface area contributed by atoms with Gasteiger partial charge in [0.05, 0.1) is 0 Å². The van der Waals surface area contributed by atoms with Crippen LogP contribution in [0.1, 0.15) is 12.8 Å². The summed E-state index contributed by atoms with van der Waals surface area (Å²) in [6, 6.07) is 7.87. The molecule has 0 amide bonds. The maximum Gasteiger partial charge on any atom is 0.168 e. The highest BCUT2D eigenvalue weighted by Crippen LogP contribution is 2.20. The molecule has 0 radical (unpaired) electrons. The summed E-state index contributed by atoms with van der Waals surface area (Å²) >= 11 is 13.1. The molecule has 0 bridgehead atoms. The van der Waals surface area contributed by atoms with Crippen LogP contribution < -0.4 is 5.32 Å². The molecular weight excluding hydrogens is 324 g/mol. The van der Waals surface area contributed by atoms with E-state index >= 15 is 0 Å². The van der Waals surface area contributed by atoms with Gasteiger partial charge in [0.25, 0.3) is 0 Å². The van der Waals surface area contributed by atoms with Crippen molar-refractivity contribution in [2.24, 2.45) is 5.92 Å². The number of hydrogen-bond acceptors (Lipinski definition) is 3. The predicted octanol–water partition coefficient (Wildman–Crippen LogP) is 3.01. The molecule has 1 atom stereocenters. The second kappa shape index (κ2) is 8.83. The number of hydrogen-bond donors (Lipinski definition) is 2. The highest BCUT2D eigenvalue weighted by Gasteiger charge is 2.20. The Balaban J connectivity index is 1.66. The van der Waals surface area contributed by atoms with Crippen molar-refractivity contribution in [3.63, 3.8) is 0 Å². The van der Waals surface area contributed by atoms with Crippen LogP contribution in [0.3, 0.4) is 0 Å². The van der Waals surface area contributed by atoms with E-state index in [4.69, 9.17) is 23.8 Å². The Morgan fingerprint density at radius 1 is 1.43 bits per heavy atom. The van der Waals surface area contributed by atoms with Crippen LogP contribution in [-0.2, 0) is 0 Å². The molecule has 3 nitrogen and oxygen atoms in total. The van der Waals surface area contributed by atoms with E-state index in [2.05, 4.69) is 10.2 Å². The van der Waals surface area contributed by atoms with E-state index in [1.807, 2.05) is 24.3 Å². The molecule has 116 valence electrons. The molecule has 1 aliphatic rings. The maximum absolute atomic E-state index is 9.25. The van der Waals surface area contributed by atoms with Crippen LogP contribution in [0.2, 0.25) is 5.02 Å². The normalized spacial score (nSPS) is 18.6. The van der Waals surface area contributed by atoms with E-state index in [1.54, 1.807) is 11.8 Å². The van der Waals surface area contributed by atoms with Crippen LogP contribution in [0.5, 0.6) is 0 Å². The molecule has 0 unspecified atom stereocenters. The molecule has 1 fully saturated rings. The first-order valence-corrected chi connectivity index (χ1v) is 8.98. The number of benzene rings is 1. The molecule has 1 saturated heterocycles. The second-order valence-corrected chi connectivity index (χ2v) is 7.16. The Bertz CT molecular complexity index is 455. The number of aliphatic hydroxyl groups is 1. The van der Waals surface area contributed by atoms with E-state index in [1.165, 1.54) is 4.90 Å². The van der Waals surface area contributed by atoms with Crippen molar-refractivity contribution in [3.05, 3.63) is 29.3 Å². The first-order valence-electron chi connectivity index (χ1n) is 7.21. The third-order valence-electron chi connectivity index (χ3n) is 3.53. The minimum atomic E-state index is 0.255. The van der Waals surface area contributed by atoms with Crippen molar-refractivity contribution in [1.29, 1.82) is 0 Å². The highest BCUT2D eigenvalue weighted by atomic mass is 35.5. The third kappa shape index (κ3) is 5.66. The van der Waals surface area contributed by atoms with Gasteiger partial charge < -0.3 is 15.3 Å². The lowest BCUT2D eigenvalue weighted by molar-refractivity contribution is 0.160. The average Bonchev–Trinajstić information content (AvgIpc) is 2.53. The van der Waals surface area contributed by atoms with Crippen LogP contribution in [0.4, 0.5) is 0 Å². The van der Waals surface area contributed by atoms with Gasteiger partial charge in [-0.25, -0.2) is 0 Å². The molecule has 2 rings (SSSR count). The topological polar surface area (TPSA) is 35.5 Å². The molecule has 0 spiro atoms. The molecule has 1 aliphatic heterocycles. The number of aliphatic hydroxyl groups excluding tert-OH is 1. The highest BCUT2D eigenvalue weighted by molar-refractivity contribution is 7.99. The minimum Gasteiger partial charge on any atom is -0.396 e. The summed E-state index contributed by atoms with van der Waals surface area (Å²) in [5.41, 5.74) is 0. The van der Waals surface area contributed by atoms with Gasteiger partial charge in [-0.1, -0.05) is 11.6 Å². The van der Waals surface area contributed by atoms with Gasteiger partial charge in [-0.15, -0.1) is 11.8 Å². The fourth-order valence-corrected chi connectivity index (χ4v) is 3.53. The Labute approximate surface area is 141 Å². The second-order valence-electron chi connectivity index (χ2n) is 5.17. The largest absolute Gasteiger partial charge is 0.396 e. The van der Waals surface area contributed by atoms with Gasteiger partial charge in [0.15, 0.2) is 5.11 Å². The van der Waals surface area contributed by atoms with Crippen LogP contribution in [0.15, 0.2) is 29.2 Å². The van der Waals surface area contributed by atoms with Gasteiger partial charge in [-0.05, 0) is 55.2 Å². The van der Waals surface area contributed by atoms with Gasteiger partial charge >= 0.3 is 0 Å². The molecule has 6 heteroatoms. The number of nitrogens with zero attached hydrogens (tertiary/aromatic N) is 1. The summed E-state index contributed by atoms with van der Waals surface area (Å²) < 4.78 is 0. The lowest BCUT2D eigenvalue weighted by Gasteiger charge is -2.33. The Morgan fingerprint density at radius 3 is 2.90 bits per heavy atom. The van der Waals surface area contributed by atoms with Crippen LogP contribution >= 0.6 is 35.6 Å². The van der Waals surface area contributed by atoms with Crippen molar-refractivity contribution in [1.82, 2.24) is 10.2 Å². The van der Waals surface area contributed by atoms with Gasteiger partial charge in [0.2, 0.25) is 0 Å². The Kier molecular flexibility index (Phi) is 7.10. The van der Waals surface area contributed by atoms with Crippen molar-refractivity contribution in [2.75, 3.05) is 32.0 Å². The fraction of sp³-hybridized carbons (Fsp3) is 0.533. The summed E-state index contributed by atoms with van der Waals surface area (Å²) in [6.07, 6.45) is 2.20. The smallest absolute Gasteiger partial charge is 0.168 e. The molecule has 0 aromatic heterocycles. The van der Waals surface area contributed by atoms with E-state index in [-0.39, 0.29) is 6.61 Å². The zero-order chi connectivity index (χ0) is 15.1. The minimum absolute atomic E-state index is 0.255. The molecule has 1 aromatic carbocycles. The van der Waals surface area contributed by atoms with Gasteiger partial charge in [-0.3, -0.25) is 0 Å². The van der Waals surface area contributed by atoms with Crippen LogP contribution in [0.25, 0.3) is 0 Å². The van der Waals surface area contributed by atoms with Gasteiger partial charge in [0.1, 0.15) is 0 Å². The SMILES string of the molecule is OC[C@H]1CCCN(C(=S)NCCSc2ccc(Cl)cc2)C1. The van der Waals surface area contributed by atoms with E-state index in [0.29, 0.717) is 5.92 Å². The number of piperidine rings is 1. The van der Waals surface area contributed by atoms with Crippen molar-refractivity contribution in [2.45, 2.75) is 17.7 Å². The zero-order valence-electron chi connectivity index (χ0n) is 11.9. The summed E-state index contributed by atoms with van der Waals surface area (Å²) in [4.78, 5) is 3.39. The third-order valence-corrected chi connectivity index (χ3v) is 5.19. The van der Waals surface area contributed by atoms with Crippen LogP contribution in [-0.4, -0.2) is 47.1 Å². The summed E-state index contributed by atoms with van der Waals surface area (Å²) in [7, 11) is 0. The summed E-state index contributed by atoms with van der Waals surface area (Å²) in [5.74, 6) is 1.32. The quantitative estimate of drug-likeness (QED) is 0.488. The number of likely N-dealkylation sites (tertiary alicyclic amines) is 1. The monoisotopic (exact) mass is 344 g/mol. The van der Waals surface area contributed by atoms with E-state index < -0.39 is 0 Å². The standard InChI is InChI=1S/C15H21ClN2OS2/c16-13-3-5-14(6-4-13)21-9-7-17-15(20)18-8-1-2-12(10-18)11-19/h3-6,12,19H,1-2,7-11H2,(H,17,20)/t12-/m0/s1. The number of nitrogens with one attached hydrogen (secondary N) is 1. The molecule has 1 aromatic rings. The average molecular weight is 345 g/mol. The molecular formula is C15H21ClN2OS2. The number of rotatable bonds is 5. The fourth-order valence-electron chi connectivity index (χ4n) is 2.37. The molecule has 21 heavy (non-hydrogen) atoms. The summed E-state index contributed by atoms with van der Waals surface area (Å²) in [5, 5.41) is 14.1. The van der Waals surface area contributed by atoms with Crippen LogP contribution in [0, 0.1) is 5.92 Å². The van der Waals surface area contributed by atoms with Crippen molar-refractivity contribution >= 4 is 40.7 Å². The number of halogens is 1. The lowest BCUT2D eigenvalue weighted by atomic mass is 9.99. The Morgan fingerprint density at radius 2 is 2.19 bits per heavy atom. The Hall–Kier alpha value is -0.490. The van der Waals surface area contributed by atoms with Gasteiger partial charge in [-0.2, -0.15) is 0 Å². The van der Waals surface area contributed by atoms with E-state index in [9.17, 15) is 5.11 Å². The molecule has 1 heterocycles. The zero-order valence-corrected chi connectivity index (χ0v) is 14.3. The van der Waals surface area contributed by atoms with Crippen molar-refractivity contribution < 1.29 is 5.11 Å². The first kappa shape index (κ1) is 16.9. The number of thioether (sulfide) groups is 1. The van der Waals surface area contributed by atoms with Gasteiger partial charge in [0, 0.05) is 41.9 Å². The molecule has 2 N–H and O–H groups in total. The number of thiocarbonyl (C=S) groups is 1. The maximum atomic E-state index is 9.25. The molecule has 0 aliphatic carbocycles. The molecule has 0 saturated carbocycles. The predicted molar refractivity (Wildman–Crippen MR) is 94.2 cm³/mol. The lowest BCUT2D eigenvalue weighted by Crippen LogP contribution is -2.46. The first-order chi connectivity index (χ1) is 10.2. The van der Waals surface area contributed by atoms with Crippen molar-refractivity contribution in [3.8, 4) is 0 Å². The summed E-state index contributed by atoms with van der Waals surface area (Å²) in [6.45, 7) is 2.96. The van der Waals surface area contributed by atoms with E-state index in [0.717, 1.165) is 48.4 Å².